The highest BCUT2D eigenvalue weighted by atomic mass is 79.9. The van der Waals surface area contributed by atoms with Gasteiger partial charge in [-0.25, -0.2) is 4.98 Å². The fourth-order valence-corrected chi connectivity index (χ4v) is 2.45. The van der Waals surface area contributed by atoms with Gasteiger partial charge in [-0.2, -0.15) is 0 Å². The van der Waals surface area contributed by atoms with Gasteiger partial charge in [0.2, 0.25) is 5.91 Å². The Kier molecular flexibility index (Phi) is 5.32. The molecule has 18 heavy (non-hydrogen) atoms. The van der Waals surface area contributed by atoms with Crippen molar-refractivity contribution in [2.45, 2.75) is 40.5 Å². The zero-order chi connectivity index (χ0) is 13.8. The molecular weight excluding hydrogens is 292 g/mol. The van der Waals surface area contributed by atoms with Gasteiger partial charge in [0.1, 0.15) is 5.82 Å². The number of pyridine rings is 1. The summed E-state index contributed by atoms with van der Waals surface area (Å²) in [4.78, 5) is 16.0. The summed E-state index contributed by atoms with van der Waals surface area (Å²) in [6, 6.07) is 3.68. The van der Waals surface area contributed by atoms with Crippen molar-refractivity contribution in [3.8, 4) is 0 Å². The number of nitrogens with one attached hydrogen (secondary N) is 1. The van der Waals surface area contributed by atoms with E-state index in [0.29, 0.717) is 18.2 Å². The zero-order valence-electron chi connectivity index (χ0n) is 11.5. The van der Waals surface area contributed by atoms with Crippen LogP contribution in [0.3, 0.4) is 0 Å². The summed E-state index contributed by atoms with van der Waals surface area (Å²) in [5.41, 5.74) is 0.255. The normalized spacial score (nSPS) is 13.2. The Bertz CT molecular complexity index is 413. The quantitative estimate of drug-likeness (QED) is 0.903. The van der Waals surface area contributed by atoms with E-state index >= 15 is 0 Å². The molecule has 0 saturated carbocycles. The van der Waals surface area contributed by atoms with E-state index in [1.54, 1.807) is 6.20 Å². The van der Waals surface area contributed by atoms with E-state index in [0.717, 1.165) is 10.9 Å². The Balaban J connectivity index is 2.50. The molecule has 1 atom stereocenters. The summed E-state index contributed by atoms with van der Waals surface area (Å²) in [6.45, 7) is 8.68. The van der Waals surface area contributed by atoms with Gasteiger partial charge in [0.25, 0.3) is 0 Å². The van der Waals surface area contributed by atoms with Gasteiger partial charge in [-0.3, -0.25) is 4.79 Å². The second kappa shape index (κ2) is 6.32. The minimum Gasteiger partial charge on any atom is -0.310 e. The summed E-state index contributed by atoms with van der Waals surface area (Å²) >= 11 is 3.36. The highest BCUT2D eigenvalue weighted by Crippen LogP contribution is 2.26. The lowest BCUT2D eigenvalue weighted by Gasteiger charge is -2.22. The van der Waals surface area contributed by atoms with Crippen molar-refractivity contribution in [2.24, 2.45) is 11.3 Å². The van der Waals surface area contributed by atoms with E-state index in [-0.39, 0.29) is 11.3 Å². The Morgan fingerprint density at radius 2 is 2.17 bits per heavy atom. The van der Waals surface area contributed by atoms with Crippen molar-refractivity contribution in [3.63, 3.8) is 0 Å². The van der Waals surface area contributed by atoms with Crippen LogP contribution in [0.5, 0.6) is 0 Å². The molecule has 1 heterocycles. The fourth-order valence-electron chi connectivity index (χ4n) is 2.09. The van der Waals surface area contributed by atoms with Crippen LogP contribution in [0.25, 0.3) is 0 Å². The first-order valence-electron chi connectivity index (χ1n) is 6.18. The molecule has 1 N–H and O–H groups in total. The molecule has 0 aliphatic rings. The van der Waals surface area contributed by atoms with Crippen molar-refractivity contribution in [2.75, 3.05) is 5.32 Å². The van der Waals surface area contributed by atoms with Gasteiger partial charge >= 0.3 is 0 Å². The molecule has 0 radical (unpaired) electrons. The predicted molar refractivity (Wildman–Crippen MR) is 78.4 cm³/mol. The topological polar surface area (TPSA) is 42.0 Å². The van der Waals surface area contributed by atoms with Gasteiger partial charge in [0.15, 0.2) is 0 Å². The molecule has 1 unspecified atom stereocenters. The standard InChI is InChI=1S/C14H21BrN2O/c1-10(9-14(2,3)4)8-12(18)17-13-11(15)6-5-7-16-13/h5-7,10H,8-9H2,1-4H3,(H,16,17,18). The maximum Gasteiger partial charge on any atom is 0.225 e. The van der Waals surface area contributed by atoms with Crippen molar-refractivity contribution in [1.29, 1.82) is 0 Å². The second-order valence-electron chi connectivity index (χ2n) is 5.96. The van der Waals surface area contributed by atoms with E-state index in [4.69, 9.17) is 0 Å². The number of hydrogen-bond acceptors (Lipinski definition) is 2. The molecular formula is C14H21BrN2O. The fraction of sp³-hybridized carbons (Fsp3) is 0.571. The molecule has 100 valence electrons. The van der Waals surface area contributed by atoms with Gasteiger partial charge in [-0.15, -0.1) is 0 Å². The lowest BCUT2D eigenvalue weighted by Crippen LogP contribution is -2.19. The van der Waals surface area contributed by atoms with Crippen LogP contribution in [0, 0.1) is 11.3 Å². The van der Waals surface area contributed by atoms with Crippen LogP contribution in [0.2, 0.25) is 0 Å². The smallest absolute Gasteiger partial charge is 0.225 e. The number of nitrogens with zero attached hydrogens (tertiary/aromatic N) is 1. The number of carbonyl (C=O) groups excluding carboxylic acids is 1. The van der Waals surface area contributed by atoms with E-state index < -0.39 is 0 Å². The van der Waals surface area contributed by atoms with Crippen LogP contribution < -0.4 is 5.32 Å². The van der Waals surface area contributed by atoms with E-state index in [9.17, 15) is 4.79 Å². The lowest BCUT2D eigenvalue weighted by molar-refractivity contribution is -0.117. The van der Waals surface area contributed by atoms with Gasteiger partial charge in [-0.1, -0.05) is 27.7 Å². The molecule has 0 spiro atoms. The maximum atomic E-state index is 11.9. The molecule has 0 saturated heterocycles. The Labute approximate surface area is 118 Å². The van der Waals surface area contributed by atoms with Crippen LogP contribution >= 0.6 is 15.9 Å². The first-order chi connectivity index (χ1) is 8.28. The average molecular weight is 313 g/mol. The number of carbonyl (C=O) groups is 1. The number of halogens is 1. The minimum absolute atomic E-state index is 0.0196. The molecule has 0 fully saturated rings. The third-order valence-electron chi connectivity index (χ3n) is 2.51. The number of rotatable bonds is 4. The summed E-state index contributed by atoms with van der Waals surface area (Å²) < 4.78 is 0.807. The largest absolute Gasteiger partial charge is 0.310 e. The first-order valence-corrected chi connectivity index (χ1v) is 6.97. The van der Waals surface area contributed by atoms with Crippen molar-refractivity contribution < 1.29 is 4.79 Å². The molecule has 1 aromatic rings. The second-order valence-corrected chi connectivity index (χ2v) is 6.81. The minimum atomic E-state index is 0.0196. The molecule has 0 aliphatic heterocycles. The van der Waals surface area contributed by atoms with Crippen molar-refractivity contribution in [1.82, 2.24) is 4.98 Å². The average Bonchev–Trinajstić information content (AvgIpc) is 2.18. The highest BCUT2D eigenvalue weighted by molar-refractivity contribution is 9.10. The summed E-state index contributed by atoms with van der Waals surface area (Å²) in [6.07, 6.45) is 3.23. The van der Waals surface area contributed by atoms with Crippen molar-refractivity contribution in [3.05, 3.63) is 22.8 Å². The Hall–Kier alpha value is -0.900. The van der Waals surface area contributed by atoms with Crippen LogP contribution in [0.1, 0.15) is 40.5 Å². The van der Waals surface area contributed by atoms with E-state index in [1.165, 1.54) is 0 Å². The zero-order valence-corrected chi connectivity index (χ0v) is 13.0. The van der Waals surface area contributed by atoms with Gasteiger partial charge < -0.3 is 5.32 Å². The maximum absolute atomic E-state index is 11.9. The molecule has 0 aromatic carbocycles. The third-order valence-corrected chi connectivity index (χ3v) is 3.15. The third kappa shape index (κ3) is 5.63. The molecule has 1 rings (SSSR count). The van der Waals surface area contributed by atoms with Crippen LogP contribution in [0.4, 0.5) is 5.82 Å². The van der Waals surface area contributed by atoms with Gasteiger partial charge in [0, 0.05) is 12.6 Å². The predicted octanol–water partition coefficient (Wildman–Crippen LogP) is 4.25. The molecule has 3 nitrogen and oxygen atoms in total. The SMILES string of the molecule is CC(CC(=O)Nc1ncccc1Br)CC(C)(C)C. The number of aromatic nitrogens is 1. The van der Waals surface area contributed by atoms with E-state index in [2.05, 4.69) is 53.9 Å². The van der Waals surface area contributed by atoms with Crippen LogP contribution in [0.15, 0.2) is 22.8 Å². The summed E-state index contributed by atoms with van der Waals surface area (Å²) in [5.74, 6) is 0.976. The number of anilines is 1. The number of hydrogen-bond donors (Lipinski definition) is 1. The Morgan fingerprint density at radius 1 is 1.50 bits per heavy atom. The van der Waals surface area contributed by atoms with E-state index in [1.807, 2.05) is 12.1 Å². The molecule has 1 amide bonds. The first kappa shape index (κ1) is 15.2. The van der Waals surface area contributed by atoms with Crippen molar-refractivity contribution >= 4 is 27.7 Å². The molecule has 0 aliphatic carbocycles. The van der Waals surface area contributed by atoms with Gasteiger partial charge in [-0.05, 0) is 45.8 Å². The summed E-state index contributed by atoms with van der Waals surface area (Å²) in [7, 11) is 0. The molecule has 0 bridgehead atoms. The van der Waals surface area contributed by atoms with Crippen LogP contribution in [-0.2, 0) is 4.79 Å². The molecule has 1 aromatic heterocycles. The summed E-state index contributed by atoms with van der Waals surface area (Å²) in [5, 5.41) is 2.83. The molecule has 4 heteroatoms. The van der Waals surface area contributed by atoms with Gasteiger partial charge in [0.05, 0.1) is 4.47 Å². The highest BCUT2D eigenvalue weighted by Gasteiger charge is 2.18. The Morgan fingerprint density at radius 3 is 2.72 bits per heavy atom. The lowest BCUT2D eigenvalue weighted by atomic mass is 9.84. The monoisotopic (exact) mass is 312 g/mol. The van der Waals surface area contributed by atoms with Crippen LogP contribution in [-0.4, -0.2) is 10.9 Å². The number of amides is 1.